The van der Waals surface area contributed by atoms with Crippen molar-refractivity contribution in [3.63, 3.8) is 0 Å². The Morgan fingerprint density at radius 2 is 1.96 bits per heavy atom. The van der Waals surface area contributed by atoms with Gasteiger partial charge in [-0.3, -0.25) is 14.5 Å². The van der Waals surface area contributed by atoms with Crippen molar-refractivity contribution in [2.45, 2.75) is 45.1 Å². The standard InChI is InChI=1S/C15H26N2O7/c1-15(2,3)24-14(21)23-9-11(22-5)8-13(20)17(10-18)7-6-12(19)16-4/h6-7,10-11,13,20H,8-9H2,1-5H3,(H,16,19)/b7-6-. The first kappa shape index (κ1) is 21.9. The van der Waals surface area contributed by atoms with E-state index in [0.717, 1.165) is 17.2 Å². The number of likely N-dealkylation sites (N-methyl/N-ethyl adjacent to an activating group) is 1. The SMILES string of the molecule is CNC(=O)/C=C\N(C=O)C(O)CC(COC(=O)OC(C)(C)C)OC. The molecular weight excluding hydrogens is 320 g/mol. The molecule has 2 N–H and O–H groups in total. The molecule has 0 bridgehead atoms. The third kappa shape index (κ3) is 9.80. The van der Waals surface area contributed by atoms with E-state index in [-0.39, 0.29) is 13.0 Å². The van der Waals surface area contributed by atoms with Gasteiger partial charge in [-0.05, 0) is 20.8 Å². The number of nitrogens with one attached hydrogen (secondary N) is 1. The summed E-state index contributed by atoms with van der Waals surface area (Å²) in [6, 6.07) is 0. The predicted molar refractivity (Wildman–Crippen MR) is 84.7 cm³/mol. The normalized spacial score (nSPS) is 13.9. The van der Waals surface area contributed by atoms with Crippen LogP contribution < -0.4 is 5.32 Å². The van der Waals surface area contributed by atoms with Gasteiger partial charge in [-0.25, -0.2) is 4.79 Å². The quantitative estimate of drug-likeness (QED) is 0.268. The fourth-order valence-corrected chi connectivity index (χ4v) is 1.47. The van der Waals surface area contributed by atoms with Gasteiger partial charge in [0.1, 0.15) is 18.4 Å². The number of methoxy groups -OCH3 is 1. The molecule has 0 aliphatic heterocycles. The molecule has 2 amide bonds. The van der Waals surface area contributed by atoms with Crippen molar-refractivity contribution in [3.05, 3.63) is 12.3 Å². The van der Waals surface area contributed by atoms with E-state index in [2.05, 4.69) is 5.32 Å². The first-order chi connectivity index (χ1) is 11.1. The molecule has 0 saturated heterocycles. The van der Waals surface area contributed by atoms with Gasteiger partial charge < -0.3 is 24.6 Å². The van der Waals surface area contributed by atoms with Gasteiger partial charge in [-0.2, -0.15) is 0 Å². The van der Waals surface area contributed by atoms with Gasteiger partial charge in [0.2, 0.25) is 12.3 Å². The van der Waals surface area contributed by atoms with Crippen molar-refractivity contribution < 1.29 is 33.7 Å². The molecule has 0 aromatic heterocycles. The van der Waals surface area contributed by atoms with Gasteiger partial charge in [0.05, 0.1) is 6.10 Å². The van der Waals surface area contributed by atoms with Crippen molar-refractivity contribution in [1.82, 2.24) is 10.2 Å². The summed E-state index contributed by atoms with van der Waals surface area (Å²) < 4.78 is 15.0. The lowest BCUT2D eigenvalue weighted by molar-refractivity contribution is -0.126. The van der Waals surface area contributed by atoms with Crippen LogP contribution in [0.15, 0.2) is 12.3 Å². The summed E-state index contributed by atoms with van der Waals surface area (Å²) in [4.78, 5) is 34.5. The molecule has 0 spiro atoms. The van der Waals surface area contributed by atoms with Crippen LogP contribution in [0.2, 0.25) is 0 Å². The minimum absolute atomic E-state index is 0.0316. The Morgan fingerprint density at radius 3 is 2.42 bits per heavy atom. The molecule has 0 aliphatic carbocycles. The molecule has 24 heavy (non-hydrogen) atoms. The van der Waals surface area contributed by atoms with Crippen LogP contribution in [-0.2, 0) is 23.8 Å². The fraction of sp³-hybridized carbons (Fsp3) is 0.667. The zero-order chi connectivity index (χ0) is 18.8. The first-order valence-corrected chi connectivity index (χ1v) is 7.32. The van der Waals surface area contributed by atoms with Crippen LogP contribution in [-0.4, -0.2) is 67.2 Å². The molecule has 0 fully saturated rings. The molecule has 0 heterocycles. The molecular formula is C15H26N2O7. The maximum atomic E-state index is 11.5. The summed E-state index contributed by atoms with van der Waals surface area (Å²) in [5.41, 5.74) is -0.682. The zero-order valence-electron chi connectivity index (χ0n) is 14.6. The van der Waals surface area contributed by atoms with Gasteiger partial charge in [0, 0.05) is 32.9 Å². The van der Waals surface area contributed by atoms with Crippen molar-refractivity contribution in [3.8, 4) is 0 Å². The largest absolute Gasteiger partial charge is 0.508 e. The number of hydrogen-bond acceptors (Lipinski definition) is 7. The van der Waals surface area contributed by atoms with Crippen LogP contribution in [0.1, 0.15) is 27.2 Å². The van der Waals surface area contributed by atoms with Crippen LogP contribution in [0.4, 0.5) is 4.79 Å². The minimum atomic E-state index is -1.25. The molecule has 0 aromatic rings. The summed E-state index contributed by atoms with van der Waals surface area (Å²) in [5.74, 6) is -0.425. The van der Waals surface area contributed by atoms with Gasteiger partial charge in [-0.15, -0.1) is 0 Å². The second kappa shape index (κ2) is 10.6. The van der Waals surface area contributed by atoms with Crippen molar-refractivity contribution in [2.24, 2.45) is 0 Å². The molecule has 0 rings (SSSR count). The highest BCUT2D eigenvalue weighted by Gasteiger charge is 2.22. The predicted octanol–water partition coefficient (Wildman–Crippen LogP) is 0.380. The molecule has 9 nitrogen and oxygen atoms in total. The van der Waals surface area contributed by atoms with Crippen LogP contribution in [0, 0.1) is 0 Å². The number of nitrogens with zero attached hydrogens (tertiary/aromatic N) is 1. The highest BCUT2D eigenvalue weighted by atomic mass is 16.7. The summed E-state index contributed by atoms with van der Waals surface area (Å²) in [6.07, 6.45) is -0.208. The summed E-state index contributed by atoms with van der Waals surface area (Å²) >= 11 is 0. The Hall–Kier alpha value is -2.13. The van der Waals surface area contributed by atoms with Gasteiger partial charge in [0.15, 0.2) is 0 Å². The number of ether oxygens (including phenoxy) is 3. The van der Waals surface area contributed by atoms with Crippen molar-refractivity contribution in [1.29, 1.82) is 0 Å². The number of amides is 2. The number of carbonyl (C=O) groups excluding carboxylic acids is 3. The van der Waals surface area contributed by atoms with Gasteiger partial charge >= 0.3 is 6.16 Å². The van der Waals surface area contributed by atoms with E-state index in [1.165, 1.54) is 14.2 Å². The van der Waals surface area contributed by atoms with Crippen LogP contribution in [0.3, 0.4) is 0 Å². The van der Waals surface area contributed by atoms with E-state index in [4.69, 9.17) is 14.2 Å². The Labute approximate surface area is 141 Å². The van der Waals surface area contributed by atoms with Crippen LogP contribution in [0.25, 0.3) is 0 Å². The zero-order valence-corrected chi connectivity index (χ0v) is 14.6. The number of rotatable bonds is 9. The maximum Gasteiger partial charge on any atom is 0.508 e. The molecule has 9 heteroatoms. The van der Waals surface area contributed by atoms with E-state index in [0.29, 0.717) is 6.41 Å². The van der Waals surface area contributed by atoms with Gasteiger partial charge in [-0.1, -0.05) is 0 Å². The summed E-state index contributed by atoms with van der Waals surface area (Å²) in [7, 11) is 2.81. The lowest BCUT2D eigenvalue weighted by Crippen LogP contribution is -2.36. The fourth-order valence-electron chi connectivity index (χ4n) is 1.47. The third-order valence-corrected chi connectivity index (χ3v) is 2.69. The molecule has 2 unspecified atom stereocenters. The van der Waals surface area contributed by atoms with E-state index in [1.54, 1.807) is 20.8 Å². The number of aliphatic hydroxyl groups is 1. The number of hydrogen-bond donors (Lipinski definition) is 2. The molecule has 2 atom stereocenters. The van der Waals surface area contributed by atoms with E-state index in [1.807, 2.05) is 0 Å². The lowest BCUT2D eigenvalue weighted by atomic mass is 10.2. The Morgan fingerprint density at radius 1 is 1.33 bits per heavy atom. The van der Waals surface area contributed by atoms with Crippen molar-refractivity contribution >= 4 is 18.5 Å². The first-order valence-electron chi connectivity index (χ1n) is 7.32. The average molecular weight is 346 g/mol. The van der Waals surface area contributed by atoms with Crippen LogP contribution in [0.5, 0.6) is 0 Å². The van der Waals surface area contributed by atoms with Crippen LogP contribution >= 0.6 is 0 Å². The summed E-state index contributed by atoms with van der Waals surface area (Å²) in [6.45, 7) is 4.94. The molecule has 0 aromatic carbocycles. The molecule has 0 radical (unpaired) electrons. The maximum absolute atomic E-state index is 11.5. The van der Waals surface area contributed by atoms with E-state index < -0.39 is 30.0 Å². The highest BCUT2D eigenvalue weighted by molar-refractivity contribution is 5.87. The second-order valence-electron chi connectivity index (χ2n) is 5.83. The second-order valence-corrected chi connectivity index (χ2v) is 5.83. The number of aliphatic hydroxyl groups excluding tert-OH is 1. The topological polar surface area (TPSA) is 114 Å². The smallest absolute Gasteiger partial charge is 0.432 e. The van der Waals surface area contributed by atoms with Crippen molar-refractivity contribution in [2.75, 3.05) is 20.8 Å². The Balaban J connectivity index is 4.52. The third-order valence-electron chi connectivity index (χ3n) is 2.69. The molecule has 138 valence electrons. The lowest BCUT2D eigenvalue weighted by Gasteiger charge is -2.25. The molecule has 0 aliphatic rings. The highest BCUT2D eigenvalue weighted by Crippen LogP contribution is 2.11. The minimum Gasteiger partial charge on any atom is -0.432 e. The molecule has 0 saturated carbocycles. The van der Waals surface area contributed by atoms with Gasteiger partial charge in [0.25, 0.3) is 0 Å². The number of carbonyl (C=O) groups is 3. The Kier molecular flexibility index (Phi) is 9.67. The van der Waals surface area contributed by atoms with E-state index in [9.17, 15) is 19.5 Å². The summed E-state index contributed by atoms with van der Waals surface area (Å²) in [5, 5.41) is 12.3. The Bertz CT molecular complexity index is 446. The average Bonchev–Trinajstić information content (AvgIpc) is 2.49. The van der Waals surface area contributed by atoms with E-state index >= 15 is 0 Å². The monoisotopic (exact) mass is 346 g/mol.